The van der Waals surface area contributed by atoms with Gasteiger partial charge in [0.05, 0.1) is 6.04 Å². The number of rotatable bonds is 3. The maximum absolute atomic E-state index is 5.65. The summed E-state index contributed by atoms with van der Waals surface area (Å²) < 4.78 is 0. The third-order valence-electron chi connectivity index (χ3n) is 4.06. The van der Waals surface area contributed by atoms with Crippen molar-refractivity contribution in [3.8, 4) is 12.3 Å². The average molecular weight is 220 g/mol. The van der Waals surface area contributed by atoms with Gasteiger partial charge >= 0.3 is 0 Å². The normalized spacial score (nSPS) is 29.4. The SMILES string of the molecule is C#CC(CCC)N1CCN2CCCCC2C1. The fourth-order valence-corrected chi connectivity index (χ4v) is 3.11. The molecule has 0 spiro atoms. The molecule has 0 aliphatic carbocycles. The first kappa shape index (κ1) is 12.0. The van der Waals surface area contributed by atoms with Crippen molar-refractivity contribution in [2.24, 2.45) is 0 Å². The van der Waals surface area contributed by atoms with Crippen molar-refractivity contribution in [2.45, 2.75) is 51.1 Å². The lowest BCUT2D eigenvalue weighted by Crippen LogP contribution is -2.56. The highest BCUT2D eigenvalue weighted by Gasteiger charge is 2.30. The highest BCUT2D eigenvalue weighted by Crippen LogP contribution is 2.22. The Bertz CT molecular complexity index is 256. The molecule has 0 N–H and O–H groups in total. The summed E-state index contributed by atoms with van der Waals surface area (Å²) in [6.07, 6.45) is 12.2. The van der Waals surface area contributed by atoms with E-state index in [-0.39, 0.29) is 0 Å². The average Bonchev–Trinajstić information content (AvgIpc) is 2.35. The predicted octanol–water partition coefficient (Wildman–Crippen LogP) is 1.96. The lowest BCUT2D eigenvalue weighted by Gasteiger charge is -2.45. The Balaban J connectivity index is 1.91. The summed E-state index contributed by atoms with van der Waals surface area (Å²) in [5, 5.41) is 0. The number of nitrogens with zero attached hydrogens (tertiary/aromatic N) is 2. The molecule has 2 nitrogen and oxygen atoms in total. The van der Waals surface area contributed by atoms with Crippen LogP contribution in [0.25, 0.3) is 0 Å². The van der Waals surface area contributed by atoms with Crippen molar-refractivity contribution in [1.29, 1.82) is 0 Å². The molecule has 2 unspecified atom stereocenters. The van der Waals surface area contributed by atoms with Crippen molar-refractivity contribution >= 4 is 0 Å². The highest BCUT2D eigenvalue weighted by molar-refractivity contribution is 5.02. The molecule has 16 heavy (non-hydrogen) atoms. The van der Waals surface area contributed by atoms with E-state index in [9.17, 15) is 0 Å². The van der Waals surface area contributed by atoms with Gasteiger partial charge < -0.3 is 0 Å². The molecule has 2 fully saturated rings. The fourth-order valence-electron chi connectivity index (χ4n) is 3.11. The molecule has 2 aliphatic heterocycles. The molecule has 0 aromatic carbocycles. The van der Waals surface area contributed by atoms with Crippen molar-refractivity contribution in [2.75, 3.05) is 26.2 Å². The quantitative estimate of drug-likeness (QED) is 0.671. The molecule has 0 saturated carbocycles. The second kappa shape index (κ2) is 5.70. The lowest BCUT2D eigenvalue weighted by molar-refractivity contribution is 0.0369. The summed E-state index contributed by atoms with van der Waals surface area (Å²) in [5.41, 5.74) is 0. The summed E-state index contributed by atoms with van der Waals surface area (Å²) >= 11 is 0. The molecule has 2 rings (SSSR count). The maximum Gasteiger partial charge on any atom is 0.0712 e. The van der Waals surface area contributed by atoms with Crippen LogP contribution in [0.15, 0.2) is 0 Å². The zero-order chi connectivity index (χ0) is 11.4. The summed E-state index contributed by atoms with van der Waals surface area (Å²) in [4.78, 5) is 5.20. The Morgan fingerprint density at radius 3 is 2.94 bits per heavy atom. The van der Waals surface area contributed by atoms with Gasteiger partial charge in [-0.3, -0.25) is 9.80 Å². The van der Waals surface area contributed by atoms with E-state index in [1.807, 2.05) is 0 Å². The molecule has 2 atom stereocenters. The van der Waals surface area contributed by atoms with Crippen LogP contribution < -0.4 is 0 Å². The van der Waals surface area contributed by atoms with E-state index in [1.165, 1.54) is 51.9 Å². The number of terminal acetylenes is 1. The molecule has 0 bridgehead atoms. The van der Waals surface area contributed by atoms with Crippen LogP contribution in [0.5, 0.6) is 0 Å². The molecule has 0 aromatic rings. The third kappa shape index (κ3) is 2.59. The van der Waals surface area contributed by atoms with Gasteiger partial charge in [-0.1, -0.05) is 25.7 Å². The molecular weight excluding hydrogens is 196 g/mol. The smallest absolute Gasteiger partial charge is 0.0712 e. The van der Waals surface area contributed by atoms with E-state index < -0.39 is 0 Å². The Kier molecular flexibility index (Phi) is 4.26. The minimum absolute atomic E-state index is 0.383. The number of piperidine rings is 1. The molecule has 2 saturated heterocycles. The molecular formula is C14H24N2. The standard InChI is InChI=1S/C14H24N2/c1-3-7-13(4-2)16-11-10-15-9-6-5-8-14(15)12-16/h2,13-14H,3,5-12H2,1H3. The number of hydrogen-bond acceptors (Lipinski definition) is 2. The first-order chi connectivity index (χ1) is 7.85. The summed E-state index contributed by atoms with van der Waals surface area (Å²) in [6.45, 7) is 7.14. The van der Waals surface area contributed by atoms with Crippen molar-refractivity contribution in [1.82, 2.24) is 9.80 Å². The largest absolute Gasteiger partial charge is 0.298 e. The van der Waals surface area contributed by atoms with E-state index >= 15 is 0 Å². The molecule has 90 valence electrons. The minimum Gasteiger partial charge on any atom is -0.298 e. The van der Waals surface area contributed by atoms with Crippen molar-refractivity contribution in [3.05, 3.63) is 0 Å². The lowest BCUT2D eigenvalue weighted by atomic mass is 9.98. The molecule has 0 radical (unpaired) electrons. The van der Waals surface area contributed by atoms with Gasteiger partial charge in [-0.05, 0) is 25.8 Å². The molecule has 0 amide bonds. The summed E-state index contributed by atoms with van der Waals surface area (Å²) in [6, 6.07) is 1.17. The van der Waals surface area contributed by atoms with Crippen LogP contribution in [-0.4, -0.2) is 48.1 Å². The van der Waals surface area contributed by atoms with Gasteiger partial charge in [0.15, 0.2) is 0 Å². The van der Waals surface area contributed by atoms with Crippen LogP contribution in [0.2, 0.25) is 0 Å². The number of hydrogen-bond donors (Lipinski definition) is 0. The van der Waals surface area contributed by atoms with Gasteiger partial charge in [0.1, 0.15) is 0 Å². The molecule has 2 heterocycles. The van der Waals surface area contributed by atoms with Gasteiger partial charge in [-0.2, -0.15) is 0 Å². The Labute approximate surface area is 100.0 Å². The van der Waals surface area contributed by atoms with Gasteiger partial charge in [0.2, 0.25) is 0 Å². The van der Waals surface area contributed by atoms with Gasteiger partial charge in [-0.25, -0.2) is 0 Å². The number of piperazine rings is 1. The van der Waals surface area contributed by atoms with Crippen molar-refractivity contribution in [3.63, 3.8) is 0 Å². The monoisotopic (exact) mass is 220 g/mol. The van der Waals surface area contributed by atoms with E-state index in [0.29, 0.717) is 6.04 Å². The second-order valence-corrected chi connectivity index (χ2v) is 5.15. The summed E-state index contributed by atoms with van der Waals surface area (Å²) in [5.74, 6) is 2.98. The Morgan fingerprint density at radius 1 is 1.31 bits per heavy atom. The van der Waals surface area contributed by atoms with Crippen LogP contribution >= 0.6 is 0 Å². The predicted molar refractivity (Wildman–Crippen MR) is 68.3 cm³/mol. The highest BCUT2D eigenvalue weighted by atomic mass is 15.3. The van der Waals surface area contributed by atoms with Gasteiger partial charge in [0.25, 0.3) is 0 Å². The van der Waals surface area contributed by atoms with E-state index in [0.717, 1.165) is 12.5 Å². The van der Waals surface area contributed by atoms with E-state index in [2.05, 4.69) is 22.6 Å². The molecule has 2 aliphatic rings. The van der Waals surface area contributed by atoms with E-state index in [4.69, 9.17) is 6.42 Å². The first-order valence-electron chi connectivity index (χ1n) is 6.79. The first-order valence-corrected chi connectivity index (χ1v) is 6.79. The maximum atomic E-state index is 5.65. The zero-order valence-corrected chi connectivity index (χ0v) is 10.5. The van der Waals surface area contributed by atoms with E-state index in [1.54, 1.807) is 0 Å². The zero-order valence-electron chi connectivity index (χ0n) is 10.5. The Morgan fingerprint density at radius 2 is 2.19 bits per heavy atom. The van der Waals surface area contributed by atoms with Crippen LogP contribution in [0.1, 0.15) is 39.0 Å². The van der Waals surface area contributed by atoms with Gasteiger partial charge in [0, 0.05) is 25.7 Å². The van der Waals surface area contributed by atoms with Crippen LogP contribution in [0, 0.1) is 12.3 Å². The molecule has 2 heteroatoms. The number of fused-ring (bicyclic) bond motifs is 1. The van der Waals surface area contributed by atoms with Crippen molar-refractivity contribution < 1.29 is 0 Å². The van der Waals surface area contributed by atoms with Crippen LogP contribution in [0.4, 0.5) is 0 Å². The Hall–Kier alpha value is -0.520. The molecule has 0 aromatic heterocycles. The second-order valence-electron chi connectivity index (χ2n) is 5.15. The topological polar surface area (TPSA) is 6.48 Å². The van der Waals surface area contributed by atoms with Crippen LogP contribution in [0.3, 0.4) is 0 Å². The summed E-state index contributed by atoms with van der Waals surface area (Å²) in [7, 11) is 0. The third-order valence-corrected chi connectivity index (χ3v) is 4.06. The fraction of sp³-hybridized carbons (Fsp3) is 0.857. The van der Waals surface area contributed by atoms with Crippen LogP contribution in [-0.2, 0) is 0 Å². The minimum atomic E-state index is 0.383. The van der Waals surface area contributed by atoms with Gasteiger partial charge in [-0.15, -0.1) is 6.42 Å².